The van der Waals surface area contributed by atoms with Crippen molar-refractivity contribution in [2.45, 2.75) is 52.3 Å². The van der Waals surface area contributed by atoms with Crippen LogP contribution in [0.15, 0.2) is 18.2 Å². The molecular weight excluding hydrogens is 248 g/mol. The third-order valence-corrected chi connectivity index (χ3v) is 4.61. The van der Waals surface area contributed by atoms with Crippen LogP contribution in [0.1, 0.15) is 43.0 Å². The number of morpholine rings is 1. The maximum Gasteiger partial charge on any atom is 0.0675 e. The molecule has 0 saturated carbocycles. The molecule has 2 rings (SSSR count). The second-order valence-corrected chi connectivity index (χ2v) is 5.94. The van der Waals surface area contributed by atoms with Crippen LogP contribution in [0.3, 0.4) is 0 Å². The molecule has 2 N–H and O–H groups in total. The quantitative estimate of drug-likeness (QED) is 0.919. The number of hydrogen-bond donors (Lipinski definition) is 1. The first-order valence-electron chi connectivity index (χ1n) is 7.72. The largest absolute Gasteiger partial charge is 0.376 e. The summed E-state index contributed by atoms with van der Waals surface area (Å²) in [4.78, 5) is 2.55. The van der Waals surface area contributed by atoms with E-state index >= 15 is 0 Å². The van der Waals surface area contributed by atoms with Gasteiger partial charge in [0.05, 0.1) is 12.7 Å². The number of rotatable bonds is 4. The van der Waals surface area contributed by atoms with Crippen molar-refractivity contribution in [2.24, 2.45) is 5.73 Å². The number of nitrogens with zero attached hydrogens (tertiary/aromatic N) is 1. The lowest BCUT2D eigenvalue weighted by atomic mass is 9.94. The van der Waals surface area contributed by atoms with Crippen LogP contribution in [0.2, 0.25) is 0 Å². The Balaban J connectivity index is 2.32. The van der Waals surface area contributed by atoms with E-state index in [1.54, 1.807) is 0 Å². The monoisotopic (exact) mass is 276 g/mol. The van der Waals surface area contributed by atoms with Crippen molar-refractivity contribution in [3.8, 4) is 0 Å². The molecule has 1 aliphatic heterocycles. The highest BCUT2D eigenvalue weighted by molar-refractivity contribution is 5.35. The zero-order chi connectivity index (χ0) is 14.7. The summed E-state index contributed by atoms with van der Waals surface area (Å²) in [6.45, 7) is 11.2. The van der Waals surface area contributed by atoms with Gasteiger partial charge in [0.1, 0.15) is 0 Å². The molecule has 0 aliphatic carbocycles. The Bertz CT molecular complexity index is 447. The van der Waals surface area contributed by atoms with Crippen LogP contribution >= 0.6 is 0 Å². The van der Waals surface area contributed by atoms with Crippen LogP contribution in [-0.2, 0) is 4.74 Å². The predicted molar refractivity (Wildman–Crippen MR) is 83.9 cm³/mol. The minimum absolute atomic E-state index is 0.289. The minimum atomic E-state index is 0.289. The highest BCUT2D eigenvalue weighted by Crippen LogP contribution is 2.29. The predicted octanol–water partition coefficient (Wildman–Crippen LogP) is 2.80. The van der Waals surface area contributed by atoms with Crippen molar-refractivity contribution in [2.75, 3.05) is 19.7 Å². The zero-order valence-electron chi connectivity index (χ0n) is 13.2. The van der Waals surface area contributed by atoms with Gasteiger partial charge in [-0.2, -0.15) is 0 Å². The maximum absolute atomic E-state index is 6.13. The lowest BCUT2D eigenvalue weighted by Crippen LogP contribution is -2.51. The topological polar surface area (TPSA) is 38.5 Å². The van der Waals surface area contributed by atoms with Gasteiger partial charge >= 0.3 is 0 Å². The lowest BCUT2D eigenvalue weighted by Gasteiger charge is -2.43. The fraction of sp³-hybridized carbons (Fsp3) is 0.647. The lowest BCUT2D eigenvalue weighted by molar-refractivity contribution is -0.0720. The van der Waals surface area contributed by atoms with E-state index in [2.05, 4.69) is 50.8 Å². The molecule has 1 aliphatic rings. The molecule has 3 heteroatoms. The van der Waals surface area contributed by atoms with Gasteiger partial charge in [0.15, 0.2) is 0 Å². The third-order valence-electron chi connectivity index (χ3n) is 4.61. The van der Waals surface area contributed by atoms with Crippen molar-refractivity contribution < 1.29 is 4.74 Å². The molecule has 3 atom stereocenters. The molecule has 0 bridgehead atoms. The van der Waals surface area contributed by atoms with E-state index in [0.29, 0.717) is 18.6 Å². The number of benzene rings is 1. The Morgan fingerprint density at radius 2 is 2.15 bits per heavy atom. The molecule has 1 aromatic rings. The Hall–Kier alpha value is -0.900. The summed E-state index contributed by atoms with van der Waals surface area (Å²) in [7, 11) is 0. The maximum atomic E-state index is 6.13. The van der Waals surface area contributed by atoms with Crippen molar-refractivity contribution in [1.29, 1.82) is 0 Å². The average Bonchev–Trinajstić information content (AvgIpc) is 2.44. The SMILES string of the molecule is CCC1COC(C)CN1C(CN)c1cccc(C)c1C. The first-order chi connectivity index (χ1) is 9.58. The van der Waals surface area contributed by atoms with Gasteiger partial charge in [-0.05, 0) is 43.9 Å². The second-order valence-electron chi connectivity index (χ2n) is 5.94. The molecule has 20 heavy (non-hydrogen) atoms. The smallest absolute Gasteiger partial charge is 0.0675 e. The Morgan fingerprint density at radius 3 is 2.80 bits per heavy atom. The molecule has 1 aromatic carbocycles. The number of hydrogen-bond acceptors (Lipinski definition) is 3. The van der Waals surface area contributed by atoms with Gasteiger partial charge in [-0.1, -0.05) is 25.1 Å². The normalized spacial score (nSPS) is 25.6. The van der Waals surface area contributed by atoms with Crippen LogP contribution in [0, 0.1) is 13.8 Å². The fourth-order valence-corrected chi connectivity index (χ4v) is 3.18. The molecule has 1 heterocycles. The molecule has 112 valence electrons. The fourth-order valence-electron chi connectivity index (χ4n) is 3.18. The highest BCUT2D eigenvalue weighted by Gasteiger charge is 2.32. The summed E-state index contributed by atoms with van der Waals surface area (Å²) >= 11 is 0. The van der Waals surface area contributed by atoms with E-state index < -0.39 is 0 Å². The second kappa shape index (κ2) is 6.70. The summed E-state index contributed by atoms with van der Waals surface area (Å²) < 4.78 is 5.81. The summed E-state index contributed by atoms with van der Waals surface area (Å²) in [5, 5.41) is 0. The van der Waals surface area contributed by atoms with Crippen LogP contribution in [0.4, 0.5) is 0 Å². The molecule has 0 spiro atoms. The molecule has 1 fully saturated rings. The van der Waals surface area contributed by atoms with Gasteiger partial charge in [-0.3, -0.25) is 4.90 Å². The number of ether oxygens (including phenoxy) is 1. The Morgan fingerprint density at radius 1 is 1.40 bits per heavy atom. The first kappa shape index (κ1) is 15.5. The van der Waals surface area contributed by atoms with Gasteiger partial charge in [0, 0.05) is 25.2 Å². The Kier molecular flexibility index (Phi) is 5.19. The van der Waals surface area contributed by atoms with E-state index in [0.717, 1.165) is 19.6 Å². The average molecular weight is 276 g/mol. The van der Waals surface area contributed by atoms with Crippen molar-refractivity contribution in [3.05, 3.63) is 34.9 Å². The van der Waals surface area contributed by atoms with Crippen LogP contribution in [0.25, 0.3) is 0 Å². The third kappa shape index (κ3) is 3.05. The van der Waals surface area contributed by atoms with Crippen LogP contribution in [-0.4, -0.2) is 36.7 Å². The molecule has 3 unspecified atom stereocenters. The molecule has 0 amide bonds. The van der Waals surface area contributed by atoms with Crippen molar-refractivity contribution in [1.82, 2.24) is 4.90 Å². The molecule has 0 aromatic heterocycles. The summed E-state index contributed by atoms with van der Waals surface area (Å²) in [5.41, 5.74) is 10.2. The summed E-state index contributed by atoms with van der Waals surface area (Å²) in [6, 6.07) is 7.31. The van der Waals surface area contributed by atoms with Crippen molar-refractivity contribution in [3.63, 3.8) is 0 Å². The van der Waals surface area contributed by atoms with E-state index in [4.69, 9.17) is 10.5 Å². The standard InChI is InChI=1S/C17H28N2O/c1-5-15-11-20-13(3)10-19(15)17(9-18)16-8-6-7-12(2)14(16)4/h6-8,13,15,17H,5,9-11,18H2,1-4H3. The van der Waals surface area contributed by atoms with Gasteiger partial charge in [-0.25, -0.2) is 0 Å². The first-order valence-corrected chi connectivity index (χ1v) is 7.72. The molecule has 0 radical (unpaired) electrons. The number of aryl methyl sites for hydroxylation is 1. The van der Waals surface area contributed by atoms with E-state index in [1.165, 1.54) is 16.7 Å². The van der Waals surface area contributed by atoms with E-state index in [9.17, 15) is 0 Å². The van der Waals surface area contributed by atoms with Gasteiger partial charge in [0.2, 0.25) is 0 Å². The molecule has 3 nitrogen and oxygen atoms in total. The van der Waals surface area contributed by atoms with Gasteiger partial charge in [0.25, 0.3) is 0 Å². The van der Waals surface area contributed by atoms with E-state index in [1.807, 2.05) is 0 Å². The summed E-state index contributed by atoms with van der Waals surface area (Å²) in [5.74, 6) is 0. The zero-order valence-corrected chi connectivity index (χ0v) is 13.2. The molecular formula is C17H28N2O. The molecule has 1 saturated heterocycles. The van der Waals surface area contributed by atoms with Crippen molar-refractivity contribution >= 4 is 0 Å². The number of nitrogens with two attached hydrogens (primary N) is 1. The summed E-state index contributed by atoms with van der Waals surface area (Å²) in [6.07, 6.45) is 1.39. The van der Waals surface area contributed by atoms with Crippen LogP contribution in [0.5, 0.6) is 0 Å². The Labute approximate surface area is 123 Å². The van der Waals surface area contributed by atoms with Crippen LogP contribution < -0.4 is 5.73 Å². The highest BCUT2D eigenvalue weighted by atomic mass is 16.5. The van der Waals surface area contributed by atoms with Gasteiger partial charge < -0.3 is 10.5 Å². The van der Waals surface area contributed by atoms with E-state index in [-0.39, 0.29) is 6.10 Å². The van der Waals surface area contributed by atoms with Gasteiger partial charge in [-0.15, -0.1) is 0 Å². The minimum Gasteiger partial charge on any atom is -0.376 e.